The molecular formula is C18H15Cl2N3O4. The number of hydrogen-bond acceptors (Lipinski definition) is 4. The number of nitro benzene ring substituents is 1. The van der Waals surface area contributed by atoms with Crippen molar-refractivity contribution >= 4 is 46.4 Å². The van der Waals surface area contributed by atoms with Crippen molar-refractivity contribution < 1.29 is 14.5 Å². The second-order valence-corrected chi connectivity index (χ2v) is 6.92. The van der Waals surface area contributed by atoms with Gasteiger partial charge < -0.3 is 10.2 Å². The summed E-state index contributed by atoms with van der Waals surface area (Å²) in [6, 6.07) is 9.54. The van der Waals surface area contributed by atoms with Crippen molar-refractivity contribution in [3.8, 4) is 0 Å². The van der Waals surface area contributed by atoms with Gasteiger partial charge in [-0.1, -0.05) is 29.3 Å². The summed E-state index contributed by atoms with van der Waals surface area (Å²) in [6.45, 7) is 0.411. The summed E-state index contributed by atoms with van der Waals surface area (Å²) >= 11 is 12.1. The lowest BCUT2D eigenvalue weighted by atomic mass is 10.1. The number of non-ortho nitro benzene ring substituents is 1. The largest absolute Gasteiger partial charge is 0.327 e. The SMILES string of the molecule is O=C(Nc1cccc([N+](=O)[O-])c1)[C@H]1CCCN1C(=O)c1cc(Cl)ccc1Cl. The highest BCUT2D eigenvalue weighted by Gasteiger charge is 2.35. The maximum atomic E-state index is 12.8. The minimum Gasteiger partial charge on any atom is -0.327 e. The van der Waals surface area contributed by atoms with Gasteiger partial charge >= 0.3 is 0 Å². The number of nitrogens with one attached hydrogen (secondary N) is 1. The molecule has 27 heavy (non-hydrogen) atoms. The van der Waals surface area contributed by atoms with Crippen LogP contribution in [0.4, 0.5) is 11.4 Å². The number of likely N-dealkylation sites (tertiary alicyclic amines) is 1. The number of carbonyl (C=O) groups is 2. The lowest BCUT2D eigenvalue weighted by Crippen LogP contribution is -2.43. The van der Waals surface area contributed by atoms with E-state index in [0.717, 1.165) is 0 Å². The zero-order valence-electron chi connectivity index (χ0n) is 14.0. The number of hydrogen-bond donors (Lipinski definition) is 1. The fourth-order valence-corrected chi connectivity index (χ4v) is 3.39. The molecule has 0 radical (unpaired) electrons. The van der Waals surface area contributed by atoms with Gasteiger partial charge in [0.05, 0.1) is 15.5 Å². The van der Waals surface area contributed by atoms with Crippen molar-refractivity contribution in [2.45, 2.75) is 18.9 Å². The summed E-state index contributed by atoms with van der Waals surface area (Å²) in [5.74, 6) is -0.779. The van der Waals surface area contributed by atoms with Crippen LogP contribution >= 0.6 is 23.2 Å². The summed E-state index contributed by atoms with van der Waals surface area (Å²) in [5.41, 5.74) is 0.409. The Morgan fingerprint density at radius 1 is 1.19 bits per heavy atom. The topological polar surface area (TPSA) is 92.5 Å². The van der Waals surface area contributed by atoms with Crippen molar-refractivity contribution in [2.24, 2.45) is 0 Å². The molecule has 0 saturated carbocycles. The Morgan fingerprint density at radius 3 is 2.70 bits per heavy atom. The molecule has 0 spiro atoms. The Balaban J connectivity index is 1.78. The molecule has 0 aliphatic carbocycles. The summed E-state index contributed by atoms with van der Waals surface area (Å²) in [6.07, 6.45) is 1.15. The third-order valence-electron chi connectivity index (χ3n) is 4.30. The Hall–Kier alpha value is -2.64. The molecule has 0 unspecified atom stereocenters. The monoisotopic (exact) mass is 407 g/mol. The first kappa shape index (κ1) is 19.1. The molecule has 1 N–H and O–H groups in total. The number of anilines is 1. The summed E-state index contributed by atoms with van der Waals surface area (Å²) in [4.78, 5) is 37.3. The van der Waals surface area contributed by atoms with Gasteiger partial charge in [-0.25, -0.2) is 0 Å². The molecule has 3 rings (SSSR count). The molecular weight excluding hydrogens is 393 g/mol. The Kier molecular flexibility index (Phi) is 5.62. The number of halogens is 2. The summed E-state index contributed by atoms with van der Waals surface area (Å²) in [7, 11) is 0. The Morgan fingerprint density at radius 2 is 1.96 bits per heavy atom. The maximum Gasteiger partial charge on any atom is 0.271 e. The highest BCUT2D eigenvalue weighted by molar-refractivity contribution is 6.35. The molecule has 0 aromatic heterocycles. The van der Waals surface area contributed by atoms with Crippen molar-refractivity contribution in [1.29, 1.82) is 0 Å². The van der Waals surface area contributed by atoms with Crippen LogP contribution in [0, 0.1) is 10.1 Å². The van der Waals surface area contributed by atoms with Crippen LogP contribution in [0.5, 0.6) is 0 Å². The number of nitro groups is 1. The van der Waals surface area contributed by atoms with E-state index in [-0.39, 0.29) is 22.2 Å². The first-order valence-electron chi connectivity index (χ1n) is 8.18. The van der Waals surface area contributed by atoms with E-state index in [2.05, 4.69) is 5.32 Å². The lowest BCUT2D eigenvalue weighted by Gasteiger charge is -2.24. The Labute approximate surface area is 165 Å². The van der Waals surface area contributed by atoms with Gasteiger partial charge in [-0.3, -0.25) is 19.7 Å². The second kappa shape index (κ2) is 7.94. The van der Waals surface area contributed by atoms with Gasteiger partial charge in [-0.2, -0.15) is 0 Å². The molecule has 1 fully saturated rings. The van der Waals surface area contributed by atoms with Crippen molar-refractivity contribution in [1.82, 2.24) is 4.90 Å². The fraction of sp³-hybridized carbons (Fsp3) is 0.222. The van der Waals surface area contributed by atoms with E-state index in [1.807, 2.05) is 0 Å². The molecule has 2 aromatic rings. The van der Waals surface area contributed by atoms with Crippen molar-refractivity contribution in [3.05, 3.63) is 68.2 Å². The number of amides is 2. The highest BCUT2D eigenvalue weighted by Crippen LogP contribution is 2.27. The third-order valence-corrected chi connectivity index (χ3v) is 4.86. The zero-order valence-corrected chi connectivity index (χ0v) is 15.5. The van der Waals surface area contributed by atoms with E-state index in [4.69, 9.17) is 23.2 Å². The predicted molar refractivity (Wildman–Crippen MR) is 102 cm³/mol. The standard InChI is InChI=1S/C18H15Cl2N3O4/c19-11-6-7-15(20)14(9-11)18(25)22-8-2-5-16(22)17(24)21-12-3-1-4-13(10-12)23(26)27/h1,3-4,6-7,9-10,16H,2,5,8H2,(H,21,24)/t16-/m1/s1. The molecule has 1 aliphatic rings. The highest BCUT2D eigenvalue weighted by atomic mass is 35.5. The average Bonchev–Trinajstić information content (AvgIpc) is 3.13. The number of nitrogens with zero attached hydrogens (tertiary/aromatic N) is 2. The van der Waals surface area contributed by atoms with Crippen LogP contribution in [0.2, 0.25) is 10.0 Å². The molecule has 1 saturated heterocycles. The Bertz CT molecular complexity index is 919. The van der Waals surface area contributed by atoms with Gasteiger partial charge in [-0.05, 0) is 37.1 Å². The molecule has 140 valence electrons. The quantitative estimate of drug-likeness (QED) is 0.608. The van der Waals surface area contributed by atoms with E-state index in [1.165, 1.54) is 35.2 Å². The van der Waals surface area contributed by atoms with Gasteiger partial charge in [0.2, 0.25) is 5.91 Å². The normalized spacial score (nSPS) is 16.2. The fourth-order valence-electron chi connectivity index (χ4n) is 3.02. The van der Waals surface area contributed by atoms with E-state index >= 15 is 0 Å². The first-order chi connectivity index (χ1) is 12.9. The third kappa shape index (κ3) is 4.20. The average molecular weight is 408 g/mol. The van der Waals surface area contributed by atoms with Crippen LogP contribution in [0.25, 0.3) is 0 Å². The summed E-state index contributed by atoms with van der Waals surface area (Å²) < 4.78 is 0. The van der Waals surface area contributed by atoms with Crippen LogP contribution in [0.15, 0.2) is 42.5 Å². The number of carbonyl (C=O) groups excluding carboxylic acids is 2. The van der Waals surface area contributed by atoms with Crippen LogP contribution in [0.1, 0.15) is 23.2 Å². The van der Waals surface area contributed by atoms with E-state index in [0.29, 0.717) is 30.1 Å². The molecule has 7 nitrogen and oxygen atoms in total. The maximum absolute atomic E-state index is 12.8. The van der Waals surface area contributed by atoms with Gasteiger partial charge in [0.1, 0.15) is 6.04 Å². The molecule has 9 heteroatoms. The van der Waals surface area contributed by atoms with Crippen LogP contribution in [0.3, 0.4) is 0 Å². The molecule has 1 aliphatic heterocycles. The van der Waals surface area contributed by atoms with Gasteiger partial charge in [0, 0.05) is 29.4 Å². The van der Waals surface area contributed by atoms with Gasteiger partial charge in [0.15, 0.2) is 0 Å². The number of benzene rings is 2. The molecule has 0 bridgehead atoms. The van der Waals surface area contributed by atoms with Crippen LogP contribution < -0.4 is 5.32 Å². The molecule has 2 aromatic carbocycles. The zero-order chi connectivity index (χ0) is 19.6. The van der Waals surface area contributed by atoms with Gasteiger partial charge in [-0.15, -0.1) is 0 Å². The van der Waals surface area contributed by atoms with Gasteiger partial charge in [0.25, 0.3) is 11.6 Å². The number of rotatable bonds is 4. The minimum absolute atomic E-state index is 0.127. The second-order valence-electron chi connectivity index (χ2n) is 6.08. The lowest BCUT2D eigenvalue weighted by molar-refractivity contribution is -0.384. The van der Waals surface area contributed by atoms with Crippen molar-refractivity contribution in [3.63, 3.8) is 0 Å². The van der Waals surface area contributed by atoms with E-state index in [1.54, 1.807) is 12.1 Å². The minimum atomic E-state index is -0.688. The van der Waals surface area contributed by atoms with Crippen LogP contribution in [-0.4, -0.2) is 34.2 Å². The van der Waals surface area contributed by atoms with Crippen LogP contribution in [-0.2, 0) is 4.79 Å². The van der Waals surface area contributed by atoms with E-state index in [9.17, 15) is 19.7 Å². The molecule has 2 amide bonds. The van der Waals surface area contributed by atoms with Crippen molar-refractivity contribution in [2.75, 3.05) is 11.9 Å². The predicted octanol–water partition coefficient (Wildman–Crippen LogP) is 4.14. The summed E-state index contributed by atoms with van der Waals surface area (Å²) in [5, 5.41) is 14.1. The molecule has 1 heterocycles. The smallest absolute Gasteiger partial charge is 0.271 e. The van der Waals surface area contributed by atoms with E-state index < -0.39 is 16.9 Å². The molecule has 1 atom stereocenters. The first-order valence-corrected chi connectivity index (χ1v) is 8.94.